The summed E-state index contributed by atoms with van der Waals surface area (Å²) in [5.41, 5.74) is 0. The van der Waals surface area contributed by atoms with Crippen molar-refractivity contribution < 1.29 is 22.6 Å². The molecule has 0 heterocycles. The fraction of sp³-hybridized carbons (Fsp3) is 1.00. The maximum absolute atomic E-state index is 9.33. The minimum absolute atomic E-state index is 0. The Balaban J connectivity index is -0.0000000483. The standard InChI is InChI=1S/C3H9N.CH4O4S.H2O.H2S/c1-4(2)3;1-5-6(2,3)4;;/h1-3H3;1H3,(H,2,3,4);2*1H2. The largest absolute Gasteiger partial charge is 0.412 e. The Labute approximate surface area is 80.2 Å². The normalized spacial score (nSPS) is 8.83. The van der Waals surface area contributed by atoms with E-state index in [0.717, 1.165) is 7.11 Å². The monoisotopic (exact) mass is 223 g/mol. The van der Waals surface area contributed by atoms with Crippen molar-refractivity contribution in [2.75, 3.05) is 28.3 Å². The summed E-state index contributed by atoms with van der Waals surface area (Å²) in [6.07, 6.45) is 0. The quantitative estimate of drug-likeness (QED) is 0.569. The molecule has 6 nitrogen and oxygen atoms in total. The number of hydrogen-bond donors (Lipinski definition) is 1. The summed E-state index contributed by atoms with van der Waals surface area (Å²) in [4.78, 5) is 2.00. The molecular weight excluding hydrogens is 206 g/mol. The first-order chi connectivity index (χ1) is 4.29. The van der Waals surface area contributed by atoms with Crippen LogP contribution in [-0.2, 0) is 14.6 Å². The molecule has 3 N–H and O–H groups in total. The number of hydrogen-bond acceptors (Lipinski definition) is 4. The van der Waals surface area contributed by atoms with Crippen LogP contribution in [-0.4, -0.2) is 51.6 Å². The molecule has 12 heavy (non-hydrogen) atoms. The van der Waals surface area contributed by atoms with Gasteiger partial charge in [-0.2, -0.15) is 21.9 Å². The molecule has 0 radical (unpaired) electrons. The first kappa shape index (κ1) is 22.7. The van der Waals surface area contributed by atoms with Gasteiger partial charge in [-0.15, -0.1) is 0 Å². The van der Waals surface area contributed by atoms with Crippen molar-refractivity contribution in [2.45, 2.75) is 0 Å². The van der Waals surface area contributed by atoms with Gasteiger partial charge in [0, 0.05) is 0 Å². The molecule has 0 saturated carbocycles. The first-order valence-electron chi connectivity index (χ1n) is 2.43. The van der Waals surface area contributed by atoms with Crippen molar-refractivity contribution in [2.24, 2.45) is 0 Å². The van der Waals surface area contributed by atoms with Crippen LogP contribution in [0.5, 0.6) is 0 Å². The van der Waals surface area contributed by atoms with Crippen LogP contribution < -0.4 is 0 Å². The Morgan fingerprint density at radius 2 is 1.33 bits per heavy atom. The molecule has 0 unspecified atom stereocenters. The zero-order chi connectivity index (χ0) is 8.78. The Morgan fingerprint density at radius 1 is 1.25 bits per heavy atom. The van der Waals surface area contributed by atoms with Gasteiger partial charge in [0.05, 0.1) is 7.11 Å². The Bertz CT molecular complexity index is 152. The summed E-state index contributed by atoms with van der Waals surface area (Å²) < 4.78 is 29.7. The molecule has 0 bridgehead atoms. The van der Waals surface area contributed by atoms with Gasteiger partial charge >= 0.3 is 10.4 Å². The lowest BCUT2D eigenvalue weighted by molar-refractivity contribution is 0.324. The topological polar surface area (TPSA) is 98.3 Å². The third-order valence-corrected chi connectivity index (χ3v) is 0.632. The van der Waals surface area contributed by atoms with Crippen molar-refractivity contribution in [1.82, 2.24) is 4.90 Å². The number of nitrogens with zero attached hydrogens (tertiary/aromatic N) is 1. The summed E-state index contributed by atoms with van der Waals surface area (Å²) in [6.45, 7) is 0. The molecule has 0 rings (SSSR count). The van der Waals surface area contributed by atoms with E-state index >= 15 is 0 Å². The fourth-order valence-electron chi connectivity index (χ4n) is 0. The average Bonchev–Trinajstić information content (AvgIpc) is 1.63. The second kappa shape index (κ2) is 11.1. The molecule has 0 saturated heterocycles. The maximum Gasteiger partial charge on any atom is 0.397 e. The van der Waals surface area contributed by atoms with E-state index in [0.29, 0.717) is 0 Å². The van der Waals surface area contributed by atoms with E-state index in [1.807, 2.05) is 26.0 Å². The molecule has 0 aromatic carbocycles. The molecule has 80 valence electrons. The Morgan fingerprint density at radius 3 is 1.33 bits per heavy atom. The molecule has 0 aliphatic carbocycles. The smallest absolute Gasteiger partial charge is 0.397 e. The van der Waals surface area contributed by atoms with E-state index in [-0.39, 0.29) is 19.0 Å². The van der Waals surface area contributed by atoms with Gasteiger partial charge in [-0.3, -0.25) is 8.74 Å². The second-order valence-corrected chi connectivity index (χ2v) is 3.12. The lowest BCUT2D eigenvalue weighted by Crippen LogP contribution is -1.99. The average molecular weight is 223 g/mol. The Hall–Kier alpha value is 0.140. The van der Waals surface area contributed by atoms with Crippen molar-refractivity contribution in [3.8, 4) is 0 Å². The Kier molecular flexibility index (Phi) is 21.1. The molecular formula is C4H17NO5S2. The van der Waals surface area contributed by atoms with Crippen LogP contribution in [0.2, 0.25) is 0 Å². The van der Waals surface area contributed by atoms with Gasteiger partial charge in [0.1, 0.15) is 0 Å². The van der Waals surface area contributed by atoms with Crippen LogP contribution >= 0.6 is 13.5 Å². The van der Waals surface area contributed by atoms with Crippen LogP contribution in [0.4, 0.5) is 0 Å². The zero-order valence-electron chi connectivity index (χ0n) is 7.53. The van der Waals surface area contributed by atoms with Crippen molar-refractivity contribution >= 4 is 23.9 Å². The highest BCUT2D eigenvalue weighted by Gasteiger charge is 1.93. The SMILES string of the molecule is CN(C)C.COS(=O)(=O)O.O.S. The highest BCUT2D eigenvalue weighted by Crippen LogP contribution is 1.74. The second-order valence-electron chi connectivity index (χ2n) is 1.94. The molecule has 0 fully saturated rings. The summed E-state index contributed by atoms with van der Waals surface area (Å²) in [5, 5.41) is 0. The highest BCUT2D eigenvalue weighted by molar-refractivity contribution is 7.80. The van der Waals surface area contributed by atoms with E-state index in [4.69, 9.17) is 4.55 Å². The molecule has 8 heteroatoms. The predicted molar refractivity (Wildman–Crippen MR) is 52.2 cm³/mol. The zero-order valence-corrected chi connectivity index (χ0v) is 9.34. The van der Waals surface area contributed by atoms with E-state index < -0.39 is 10.4 Å². The summed E-state index contributed by atoms with van der Waals surface area (Å²) in [7, 11) is 2.71. The van der Waals surface area contributed by atoms with Gasteiger partial charge in [-0.05, 0) is 21.1 Å². The summed E-state index contributed by atoms with van der Waals surface area (Å²) >= 11 is 0. The van der Waals surface area contributed by atoms with E-state index in [1.165, 1.54) is 0 Å². The van der Waals surface area contributed by atoms with Crippen LogP contribution in [0.15, 0.2) is 0 Å². The van der Waals surface area contributed by atoms with Crippen molar-refractivity contribution in [3.05, 3.63) is 0 Å². The lowest BCUT2D eigenvalue weighted by Gasteiger charge is -1.90. The van der Waals surface area contributed by atoms with Gasteiger partial charge in [0.25, 0.3) is 0 Å². The fourth-order valence-corrected chi connectivity index (χ4v) is 0. The third-order valence-electron chi connectivity index (χ3n) is 0.211. The van der Waals surface area contributed by atoms with Crippen LogP contribution in [0.25, 0.3) is 0 Å². The number of rotatable bonds is 1. The molecule has 0 aliphatic rings. The van der Waals surface area contributed by atoms with Crippen LogP contribution in [0.3, 0.4) is 0 Å². The summed E-state index contributed by atoms with van der Waals surface area (Å²) in [6, 6.07) is 0. The van der Waals surface area contributed by atoms with Crippen LogP contribution in [0, 0.1) is 0 Å². The van der Waals surface area contributed by atoms with E-state index in [1.54, 1.807) is 0 Å². The van der Waals surface area contributed by atoms with E-state index in [2.05, 4.69) is 4.18 Å². The van der Waals surface area contributed by atoms with E-state index in [9.17, 15) is 8.42 Å². The van der Waals surface area contributed by atoms with Crippen molar-refractivity contribution in [3.63, 3.8) is 0 Å². The molecule has 0 aliphatic heterocycles. The third kappa shape index (κ3) is 85.9. The maximum atomic E-state index is 9.33. The van der Waals surface area contributed by atoms with Crippen LogP contribution in [0.1, 0.15) is 0 Å². The molecule has 0 amide bonds. The van der Waals surface area contributed by atoms with Gasteiger partial charge in [0.15, 0.2) is 0 Å². The van der Waals surface area contributed by atoms with Gasteiger partial charge < -0.3 is 10.4 Å². The molecule has 0 aromatic heterocycles. The lowest BCUT2D eigenvalue weighted by atomic mass is 11.0. The van der Waals surface area contributed by atoms with Gasteiger partial charge in [-0.1, -0.05) is 0 Å². The first-order valence-corrected chi connectivity index (χ1v) is 3.80. The van der Waals surface area contributed by atoms with Gasteiger partial charge in [0.2, 0.25) is 0 Å². The molecule has 0 atom stereocenters. The predicted octanol–water partition coefficient (Wildman–Crippen LogP) is -1.10. The highest BCUT2D eigenvalue weighted by atomic mass is 32.3. The minimum atomic E-state index is -4.16. The molecule has 0 spiro atoms. The van der Waals surface area contributed by atoms with Crippen molar-refractivity contribution in [1.29, 1.82) is 0 Å². The van der Waals surface area contributed by atoms with Gasteiger partial charge in [-0.25, -0.2) is 0 Å². The minimum Gasteiger partial charge on any atom is -0.412 e. The molecule has 0 aromatic rings. The summed E-state index contributed by atoms with van der Waals surface area (Å²) in [5.74, 6) is 0.